The van der Waals surface area contributed by atoms with E-state index in [9.17, 15) is 14.7 Å². The van der Waals surface area contributed by atoms with Gasteiger partial charge >= 0.3 is 0 Å². The molecule has 2 aromatic rings. The minimum absolute atomic E-state index is 0.0655. The van der Waals surface area contributed by atoms with Gasteiger partial charge in [0.1, 0.15) is 17.3 Å². The Hall–Kier alpha value is -3.32. The standard InChI is InChI=1S/C27H33NO6/c1-4-5-6-17-34-22-10-7-9-20(18-22)24-23(25(29)19-11-13-21(33-3)14-12-19)26(30)27(31)28(24)15-8-16-32-2/h7,9-14,18,24,29H,4-6,8,15-17H2,1-3H3/b25-23+. The Morgan fingerprint density at radius 2 is 1.74 bits per heavy atom. The minimum Gasteiger partial charge on any atom is -0.507 e. The molecule has 1 saturated heterocycles. The smallest absolute Gasteiger partial charge is 0.295 e. The molecule has 34 heavy (non-hydrogen) atoms. The maximum absolute atomic E-state index is 13.1. The number of methoxy groups -OCH3 is 2. The van der Waals surface area contributed by atoms with Crippen molar-refractivity contribution in [1.29, 1.82) is 0 Å². The van der Waals surface area contributed by atoms with Crippen molar-refractivity contribution in [2.45, 2.75) is 38.6 Å². The van der Waals surface area contributed by atoms with Gasteiger partial charge in [-0.25, -0.2) is 0 Å². The number of likely N-dealkylation sites (tertiary alicyclic amines) is 1. The first-order chi connectivity index (χ1) is 16.5. The van der Waals surface area contributed by atoms with Crippen LogP contribution in [-0.4, -0.2) is 55.7 Å². The molecule has 1 amide bonds. The van der Waals surface area contributed by atoms with E-state index in [1.165, 1.54) is 4.90 Å². The zero-order chi connectivity index (χ0) is 24.5. The van der Waals surface area contributed by atoms with Gasteiger partial charge in [-0.05, 0) is 54.8 Å². The summed E-state index contributed by atoms with van der Waals surface area (Å²) in [6.45, 7) is 3.51. The number of ether oxygens (including phenoxy) is 3. The number of rotatable bonds is 12. The van der Waals surface area contributed by atoms with Gasteiger partial charge in [0.25, 0.3) is 11.7 Å². The molecule has 0 spiro atoms. The van der Waals surface area contributed by atoms with E-state index in [2.05, 4.69) is 6.92 Å². The number of hydrogen-bond acceptors (Lipinski definition) is 6. The SMILES string of the molecule is CCCCCOc1cccc(C2/C(=C(\O)c3ccc(OC)cc3)C(=O)C(=O)N2CCCOC)c1. The number of aliphatic hydroxyl groups excluding tert-OH is 1. The average Bonchev–Trinajstić information content (AvgIpc) is 3.11. The van der Waals surface area contributed by atoms with E-state index >= 15 is 0 Å². The molecule has 2 aromatic carbocycles. The summed E-state index contributed by atoms with van der Waals surface area (Å²) >= 11 is 0. The first kappa shape index (κ1) is 25.3. The second-order valence-corrected chi connectivity index (χ2v) is 8.20. The number of unbranched alkanes of at least 4 members (excludes halogenated alkanes) is 2. The zero-order valence-electron chi connectivity index (χ0n) is 20.1. The molecule has 1 atom stereocenters. The quantitative estimate of drug-likeness (QED) is 0.210. The van der Waals surface area contributed by atoms with Crippen molar-refractivity contribution in [3.63, 3.8) is 0 Å². The number of nitrogens with zero attached hydrogens (tertiary/aromatic N) is 1. The molecule has 1 fully saturated rings. The molecule has 0 aliphatic carbocycles. The van der Waals surface area contributed by atoms with E-state index in [0.29, 0.717) is 48.8 Å². The number of carbonyl (C=O) groups excluding carboxylic acids is 2. The second-order valence-electron chi connectivity index (χ2n) is 8.20. The van der Waals surface area contributed by atoms with Crippen LogP contribution in [0.15, 0.2) is 54.1 Å². The number of carbonyl (C=O) groups is 2. The first-order valence-electron chi connectivity index (χ1n) is 11.7. The summed E-state index contributed by atoms with van der Waals surface area (Å²) in [5.74, 6) is -0.258. The summed E-state index contributed by atoms with van der Waals surface area (Å²) in [7, 11) is 3.15. The summed E-state index contributed by atoms with van der Waals surface area (Å²) in [5.41, 5.74) is 1.21. The molecule has 1 heterocycles. The number of ketones is 1. The summed E-state index contributed by atoms with van der Waals surface area (Å²) in [4.78, 5) is 27.6. The van der Waals surface area contributed by atoms with Crippen LogP contribution >= 0.6 is 0 Å². The van der Waals surface area contributed by atoms with Crippen LogP contribution in [0.2, 0.25) is 0 Å². The molecule has 0 saturated carbocycles. The van der Waals surface area contributed by atoms with Gasteiger partial charge in [0.05, 0.1) is 25.3 Å². The minimum atomic E-state index is -0.724. The highest BCUT2D eigenvalue weighted by Crippen LogP contribution is 2.40. The van der Waals surface area contributed by atoms with E-state index in [1.54, 1.807) is 38.5 Å². The fourth-order valence-corrected chi connectivity index (χ4v) is 4.06. The van der Waals surface area contributed by atoms with Gasteiger partial charge in [-0.15, -0.1) is 0 Å². The van der Waals surface area contributed by atoms with Gasteiger partial charge in [0.15, 0.2) is 0 Å². The van der Waals surface area contributed by atoms with Crippen molar-refractivity contribution in [2.24, 2.45) is 0 Å². The highest BCUT2D eigenvalue weighted by molar-refractivity contribution is 6.46. The fourth-order valence-electron chi connectivity index (χ4n) is 4.06. The molecular weight excluding hydrogens is 434 g/mol. The van der Waals surface area contributed by atoms with Crippen molar-refractivity contribution in [1.82, 2.24) is 4.90 Å². The second kappa shape index (κ2) is 12.2. The maximum Gasteiger partial charge on any atom is 0.295 e. The Labute approximate surface area is 200 Å². The summed E-state index contributed by atoms with van der Waals surface area (Å²) < 4.78 is 16.2. The third-order valence-electron chi connectivity index (χ3n) is 5.84. The third kappa shape index (κ3) is 5.78. The van der Waals surface area contributed by atoms with Crippen molar-refractivity contribution < 1.29 is 28.9 Å². The lowest BCUT2D eigenvalue weighted by Crippen LogP contribution is -2.31. The van der Waals surface area contributed by atoms with E-state index in [4.69, 9.17) is 14.2 Å². The van der Waals surface area contributed by atoms with E-state index in [-0.39, 0.29) is 11.3 Å². The number of aliphatic hydroxyl groups is 1. The lowest BCUT2D eigenvalue weighted by molar-refractivity contribution is -0.140. The Morgan fingerprint density at radius 1 is 0.971 bits per heavy atom. The Bertz CT molecular complexity index is 1010. The monoisotopic (exact) mass is 467 g/mol. The van der Waals surface area contributed by atoms with Crippen LogP contribution in [0.3, 0.4) is 0 Å². The molecule has 7 nitrogen and oxygen atoms in total. The van der Waals surface area contributed by atoms with Crippen LogP contribution in [0.1, 0.15) is 49.8 Å². The molecule has 0 aromatic heterocycles. The maximum atomic E-state index is 13.1. The summed E-state index contributed by atoms with van der Waals surface area (Å²) in [6, 6.07) is 13.4. The summed E-state index contributed by atoms with van der Waals surface area (Å²) in [5, 5.41) is 11.1. The normalized spacial score (nSPS) is 17.3. The molecule has 1 aliphatic rings. The fraction of sp³-hybridized carbons (Fsp3) is 0.407. The lowest BCUT2D eigenvalue weighted by atomic mass is 9.95. The Kier molecular flexibility index (Phi) is 9.10. The van der Waals surface area contributed by atoms with Crippen molar-refractivity contribution >= 4 is 17.4 Å². The molecule has 1 N–H and O–H groups in total. The van der Waals surface area contributed by atoms with E-state index in [0.717, 1.165) is 19.3 Å². The van der Waals surface area contributed by atoms with Crippen LogP contribution < -0.4 is 9.47 Å². The van der Waals surface area contributed by atoms with Gasteiger partial charge in [0, 0.05) is 25.8 Å². The van der Waals surface area contributed by atoms with Gasteiger partial charge in [-0.2, -0.15) is 0 Å². The Morgan fingerprint density at radius 3 is 2.41 bits per heavy atom. The molecule has 182 valence electrons. The highest BCUT2D eigenvalue weighted by Gasteiger charge is 2.45. The van der Waals surface area contributed by atoms with Crippen molar-refractivity contribution in [3.8, 4) is 11.5 Å². The molecule has 0 radical (unpaired) electrons. The van der Waals surface area contributed by atoms with Gasteiger partial charge in [-0.3, -0.25) is 9.59 Å². The number of amides is 1. The van der Waals surface area contributed by atoms with Crippen molar-refractivity contribution in [2.75, 3.05) is 34.0 Å². The van der Waals surface area contributed by atoms with Gasteiger partial charge in [0.2, 0.25) is 0 Å². The topological polar surface area (TPSA) is 85.3 Å². The van der Waals surface area contributed by atoms with Crippen LogP contribution in [0.4, 0.5) is 0 Å². The Balaban J connectivity index is 2.01. The summed E-state index contributed by atoms with van der Waals surface area (Å²) in [6.07, 6.45) is 3.70. The molecule has 0 bridgehead atoms. The molecule has 1 unspecified atom stereocenters. The average molecular weight is 468 g/mol. The van der Waals surface area contributed by atoms with Crippen LogP contribution in [0.25, 0.3) is 5.76 Å². The zero-order valence-corrected chi connectivity index (χ0v) is 20.1. The van der Waals surface area contributed by atoms with Crippen LogP contribution in [0, 0.1) is 0 Å². The molecular formula is C27H33NO6. The van der Waals surface area contributed by atoms with E-state index < -0.39 is 17.7 Å². The molecule has 3 rings (SSSR count). The predicted octanol–water partition coefficient (Wildman–Crippen LogP) is 4.72. The number of hydrogen-bond donors (Lipinski definition) is 1. The van der Waals surface area contributed by atoms with Crippen LogP contribution in [0.5, 0.6) is 11.5 Å². The largest absolute Gasteiger partial charge is 0.507 e. The highest BCUT2D eigenvalue weighted by atomic mass is 16.5. The molecule has 1 aliphatic heterocycles. The molecule has 7 heteroatoms. The van der Waals surface area contributed by atoms with Gasteiger partial charge in [-0.1, -0.05) is 31.9 Å². The third-order valence-corrected chi connectivity index (χ3v) is 5.84. The number of Topliss-reactive ketones (excluding diaryl/α,β-unsaturated/α-hetero) is 1. The van der Waals surface area contributed by atoms with Crippen molar-refractivity contribution in [3.05, 3.63) is 65.2 Å². The van der Waals surface area contributed by atoms with Crippen LogP contribution in [-0.2, 0) is 14.3 Å². The predicted molar refractivity (Wildman–Crippen MR) is 130 cm³/mol. The van der Waals surface area contributed by atoms with Gasteiger partial charge < -0.3 is 24.2 Å². The van der Waals surface area contributed by atoms with E-state index in [1.807, 2.05) is 24.3 Å². The first-order valence-corrected chi connectivity index (χ1v) is 11.7. The lowest BCUT2D eigenvalue weighted by Gasteiger charge is -2.25. The number of benzene rings is 2.